The van der Waals surface area contributed by atoms with E-state index in [1.165, 1.54) is 13.0 Å². The van der Waals surface area contributed by atoms with E-state index >= 15 is 0 Å². The molecule has 0 bridgehead atoms. The summed E-state index contributed by atoms with van der Waals surface area (Å²) in [4.78, 5) is -0.179. The summed E-state index contributed by atoms with van der Waals surface area (Å²) in [7, 11) is -4.15. The predicted octanol–water partition coefficient (Wildman–Crippen LogP) is 3.37. The molecular weight excluding hydrogens is 340 g/mol. The van der Waals surface area contributed by atoms with Crippen molar-refractivity contribution in [3.8, 4) is 11.5 Å². The number of aromatic nitrogens is 2. The largest absolute Gasteiger partial charge is 0.458 e. The Bertz CT molecular complexity index is 1010. The van der Waals surface area contributed by atoms with Crippen LogP contribution in [0.3, 0.4) is 0 Å². The first-order valence-corrected chi connectivity index (χ1v) is 8.35. The van der Waals surface area contributed by atoms with Crippen molar-refractivity contribution < 1.29 is 21.6 Å². The Hall–Kier alpha value is -2.68. The molecule has 6 nitrogen and oxygen atoms in total. The van der Waals surface area contributed by atoms with Gasteiger partial charge in [0.1, 0.15) is 28.0 Å². The van der Waals surface area contributed by atoms with Crippen molar-refractivity contribution in [2.45, 2.75) is 18.7 Å². The van der Waals surface area contributed by atoms with Gasteiger partial charge in [0.15, 0.2) is 5.76 Å². The first-order valence-electron chi connectivity index (χ1n) is 6.87. The lowest BCUT2D eigenvalue weighted by molar-refractivity contribution is 0.533. The van der Waals surface area contributed by atoms with E-state index in [1.807, 2.05) is 4.72 Å². The number of furan rings is 1. The monoisotopic (exact) mass is 353 g/mol. The third-order valence-corrected chi connectivity index (χ3v) is 4.77. The van der Waals surface area contributed by atoms with Gasteiger partial charge < -0.3 is 4.42 Å². The first kappa shape index (κ1) is 16.2. The Labute approximate surface area is 136 Å². The molecule has 0 radical (unpaired) electrons. The number of halogens is 2. The molecule has 0 fully saturated rings. The summed E-state index contributed by atoms with van der Waals surface area (Å²) in [5, 5.41) is 6.71. The molecule has 24 heavy (non-hydrogen) atoms. The van der Waals surface area contributed by atoms with Gasteiger partial charge in [0.2, 0.25) is 0 Å². The van der Waals surface area contributed by atoms with Crippen molar-refractivity contribution in [1.82, 2.24) is 10.2 Å². The molecule has 9 heteroatoms. The quantitative estimate of drug-likeness (QED) is 0.753. The second-order valence-electron chi connectivity index (χ2n) is 5.20. The zero-order valence-electron chi connectivity index (χ0n) is 12.7. The van der Waals surface area contributed by atoms with Crippen molar-refractivity contribution in [3.63, 3.8) is 0 Å². The molecule has 0 amide bonds. The third kappa shape index (κ3) is 3.02. The predicted molar refractivity (Wildman–Crippen MR) is 82.9 cm³/mol. The van der Waals surface area contributed by atoms with Crippen LogP contribution in [-0.2, 0) is 10.0 Å². The number of hydrogen-bond acceptors (Lipinski definition) is 4. The fraction of sp³-hybridized carbons (Fsp3) is 0.133. The van der Waals surface area contributed by atoms with Gasteiger partial charge in [0.05, 0.1) is 5.69 Å². The molecule has 0 saturated heterocycles. The Morgan fingerprint density at radius 1 is 1.17 bits per heavy atom. The summed E-state index contributed by atoms with van der Waals surface area (Å²) < 4.78 is 59.2. The van der Waals surface area contributed by atoms with Gasteiger partial charge in [-0.3, -0.25) is 9.82 Å². The molecule has 2 aromatic heterocycles. The van der Waals surface area contributed by atoms with Gasteiger partial charge in [0.25, 0.3) is 10.0 Å². The van der Waals surface area contributed by atoms with Gasteiger partial charge in [-0.1, -0.05) is 0 Å². The lowest BCUT2D eigenvalue weighted by Gasteiger charge is -2.07. The molecular formula is C15H13F2N3O3S. The van der Waals surface area contributed by atoms with E-state index in [2.05, 4.69) is 10.2 Å². The first-order chi connectivity index (χ1) is 11.3. The molecule has 3 aromatic rings. The number of nitrogens with zero attached hydrogens (tertiary/aromatic N) is 1. The second kappa shape index (κ2) is 5.75. The molecule has 0 saturated carbocycles. The maximum atomic E-state index is 13.7. The van der Waals surface area contributed by atoms with Gasteiger partial charge in [0, 0.05) is 17.8 Å². The third-order valence-electron chi connectivity index (χ3n) is 3.29. The molecule has 0 aliphatic heterocycles. The number of aryl methyl sites for hydroxylation is 2. The highest BCUT2D eigenvalue weighted by atomic mass is 32.2. The number of aromatic amines is 1. The topological polar surface area (TPSA) is 88.0 Å². The maximum Gasteiger partial charge on any atom is 0.265 e. The van der Waals surface area contributed by atoms with Crippen LogP contribution >= 0.6 is 0 Å². The van der Waals surface area contributed by atoms with E-state index in [0.717, 1.165) is 23.9 Å². The van der Waals surface area contributed by atoms with Crippen LogP contribution in [0, 0.1) is 25.5 Å². The number of H-pyrrole nitrogens is 1. The van der Waals surface area contributed by atoms with Gasteiger partial charge in [-0.05, 0) is 32.0 Å². The number of benzene rings is 1. The summed E-state index contributed by atoms with van der Waals surface area (Å²) in [6.07, 6.45) is 0. The van der Waals surface area contributed by atoms with Gasteiger partial charge in [-0.25, -0.2) is 17.2 Å². The van der Waals surface area contributed by atoms with Crippen molar-refractivity contribution >= 4 is 15.7 Å². The fourth-order valence-corrected chi connectivity index (χ4v) is 3.42. The zero-order chi connectivity index (χ0) is 17.5. The van der Waals surface area contributed by atoms with Crippen LogP contribution in [0.15, 0.2) is 39.6 Å². The van der Waals surface area contributed by atoms with E-state index in [4.69, 9.17) is 4.42 Å². The summed E-state index contributed by atoms with van der Waals surface area (Å²) in [5.74, 6) is -1.29. The van der Waals surface area contributed by atoms with Crippen LogP contribution in [0.4, 0.5) is 14.5 Å². The smallest absolute Gasteiger partial charge is 0.265 e. The minimum absolute atomic E-state index is 0.106. The minimum atomic E-state index is -4.15. The molecule has 0 atom stereocenters. The van der Waals surface area contributed by atoms with Gasteiger partial charge in [-0.2, -0.15) is 5.10 Å². The van der Waals surface area contributed by atoms with E-state index in [0.29, 0.717) is 5.69 Å². The van der Waals surface area contributed by atoms with Crippen LogP contribution < -0.4 is 4.72 Å². The average molecular weight is 353 g/mol. The van der Waals surface area contributed by atoms with Crippen LogP contribution in [0.2, 0.25) is 0 Å². The summed E-state index contributed by atoms with van der Waals surface area (Å²) in [5.41, 5.74) is 0.741. The van der Waals surface area contributed by atoms with Crippen LogP contribution in [0.5, 0.6) is 0 Å². The Balaban J connectivity index is 1.98. The zero-order valence-corrected chi connectivity index (χ0v) is 13.5. The molecule has 2 heterocycles. The van der Waals surface area contributed by atoms with Crippen molar-refractivity contribution in [2.75, 3.05) is 4.72 Å². The Kier molecular flexibility index (Phi) is 3.88. The molecule has 0 unspecified atom stereocenters. The van der Waals surface area contributed by atoms with Gasteiger partial charge >= 0.3 is 0 Å². The number of nitrogens with one attached hydrogen (secondary N) is 2. The summed E-state index contributed by atoms with van der Waals surface area (Å²) >= 11 is 0. The van der Waals surface area contributed by atoms with Crippen LogP contribution in [0.25, 0.3) is 11.5 Å². The molecule has 2 N–H and O–H groups in total. The van der Waals surface area contributed by atoms with Crippen LogP contribution in [0.1, 0.15) is 11.5 Å². The summed E-state index contributed by atoms with van der Waals surface area (Å²) in [6.45, 7) is 3.25. The molecule has 0 aliphatic carbocycles. The standard InChI is InChI=1S/C15H13F2N3O3S/c1-8-5-13(19-18-8)14-7-15(9(2)23-14)24(21,22)20-12-6-10(16)3-4-11(12)17/h3-7,20H,1-2H3,(H,18,19). The number of hydrogen-bond donors (Lipinski definition) is 2. The number of rotatable bonds is 4. The van der Waals surface area contributed by atoms with E-state index in [-0.39, 0.29) is 16.4 Å². The minimum Gasteiger partial charge on any atom is -0.458 e. The van der Waals surface area contributed by atoms with E-state index < -0.39 is 27.3 Å². The SMILES string of the molecule is Cc1cc(-c2cc(S(=O)(=O)Nc3cc(F)ccc3F)c(C)o2)n[nH]1. The van der Waals surface area contributed by atoms with Crippen molar-refractivity contribution in [2.24, 2.45) is 0 Å². The second-order valence-corrected chi connectivity index (χ2v) is 6.85. The highest BCUT2D eigenvalue weighted by molar-refractivity contribution is 7.92. The normalized spacial score (nSPS) is 11.7. The molecule has 0 spiro atoms. The average Bonchev–Trinajstić information content (AvgIpc) is 3.09. The van der Waals surface area contributed by atoms with Crippen LogP contribution in [-0.4, -0.2) is 18.6 Å². The van der Waals surface area contributed by atoms with E-state index in [9.17, 15) is 17.2 Å². The van der Waals surface area contributed by atoms with E-state index in [1.54, 1.807) is 13.0 Å². The lowest BCUT2D eigenvalue weighted by atomic mass is 10.3. The molecule has 3 rings (SSSR count). The Morgan fingerprint density at radius 2 is 1.92 bits per heavy atom. The number of anilines is 1. The molecule has 0 aliphatic rings. The summed E-state index contributed by atoms with van der Waals surface area (Å²) in [6, 6.07) is 5.47. The maximum absolute atomic E-state index is 13.7. The highest BCUT2D eigenvalue weighted by Gasteiger charge is 2.24. The molecule has 126 valence electrons. The fourth-order valence-electron chi connectivity index (χ4n) is 2.18. The number of sulfonamides is 1. The molecule has 1 aromatic carbocycles. The van der Waals surface area contributed by atoms with Gasteiger partial charge in [-0.15, -0.1) is 0 Å². The Morgan fingerprint density at radius 3 is 2.58 bits per heavy atom. The highest BCUT2D eigenvalue weighted by Crippen LogP contribution is 2.29. The lowest BCUT2D eigenvalue weighted by Crippen LogP contribution is -2.14. The van der Waals surface area contributed by atoms with Crippen molar-refractivity contribution in [3.05, 3.63) is 53.4 Å². The van der Waals surface area contributed by atoms with Crippen molar-refractivity contribution in [1.29, 1.82) is 0 Å².